The number of carboxylic acid groups (broad SMARTS) is 1. The first-order valence-corrected chi connectivity index (χ1v) is 11.6. The third-order valence-electron chi connectivity index (χ3n) is 6.39. The lowest BCUT2D eigenvalue weighted by molar-refractivity contribution is -0.139. The molecule has 1 aromatic heterocycles. The fourth-order valence-corrected chi connectivity index (χ4v) is 4.73. The van der Waals surface area contributed by atoms with E-state index in [1.54, 1.807) is 0 Å². The van der Waals surface area contributed by atoms with Crippen molar-refractivity contribution in [2.24, 2.45) is 5.41 Å². The quantitative estimate of drug-likeness (QED) is 0.566. The lowest BCUT2D eigenvalue weighted by Crippen LogP contribution is -2.36. The van der Waals surface area contributed by atoms with Gasteiger partial charge in [-0.05, 0) is 48.8 Å². The normalized spacial score (nSPS) is 18.5. The smallest absolute Gasteiger partial charge is 0.303 e. The average Bonchev–Trinajstić information content (AvgIpc) is 3.22. The van der Waals surface area contributed by atoms with Crippen molar-refractivity contribution in [3.05, 3.63) is 58.9 Å². The fraction of sp³-hybridized carbons (Fsp3) is 0.519. The van der Waals surface area contributed by atoms with E-state index in [1.807, 2.05) is 31.5 Å². The highest BCUT2D eigenvalue weighted by Gasteiger charge is 2.29. The predicted octanol–water partition coefficient (Wildman–Crippen LogP) is 5.21. The van der Waals surface area contributed by atoms with Crippen molar-refractivity contribution in [2.75, 3.05) is 0 Å². The number of nitrogens with zero attached hydrogens (tertiary/aromatic N) is 2. The number of benzene rings is 1. The Balaban J connectivity index is 1.69. The minimum Gasteiger partial charge on any atom is -0.481 e. The maximum absolute atomic E-state index is 12.5. The number of hydrogen-bond acceptors (Lipinski definition) is 3. The molecular weight excluding hydrogens is 414 g/mol. The van der Waals surface area contributed by atoms with Crippen LogP contribution in [0.4, 0.5) is 0 Å². The molecule has 1 aliphatic carbocycles. The molecular formula is C27H37N3O3. The number of hydrogen-bond donors (Lipinski definition) is 2. The molecule has 3 rings (SSSR count). The second-order valence-corrected chi connectivity index (χ2v) is 11.1. The van der Waals surface area contributed by atoms with E-state index in [0.717, 1.165) is 23.5 Å². The molecule has 2 N–H and O–H groups in total. The van der Waals surface area contributed by atoms with E-state index in [4.69, 9.17) is 10.2 Å². The summed E-state index contributed by atoms with van der Waals surface area (Å²) in [4.78, 5) is 23.5. The van der Waals surface area contributed by atoms with Crippen LogP contribution in [-0.4, -0.2) is 32.8 Å². The minimum atomic E-state index is -0.885. The number of aromatic nitrogens is 2. The van der Waals surface area contributed by atoms with Crippen LogP contribution in [0.25, 0.3) is 5.69 Å². The Morgan fingerprint density at radius 3 is 2.27 bits per heavy atom. The summed E-state index contributed by atoms with van der Waals surface area (Å²) in [5.74, 6) is -0.811. The summed E-state index contributed by atoms with van der Waals surface area (Å²) in [6.07, 6.45) is 5.13. The minimum absolute atomic E-state index is 0.0299. The summed E-state index contributed by atoms with van der Waals surface area (Å²) < 4.78 is 2.01. The van der Waals surface area contributed by atoms with Crippen molar-refractivity contribution in [1.82, 2.24) is 15.1 Å². The van der Waals surface area contributed by atoms with Crippen LogP contribution in [-0.2, 0) is 15.0 Å². The van der Waals surface area contributed by atoms with Gasteiger partial charge in [-0.25, -0.2) is 4.68 Å². The SMILES string of the molecule is Cc1nn(-c2ccc(C(C)(C)C)cc2)c(C)c1[C@H]1C=C[C@@H](NC(=O)CC(C)(C)CC(=O)O)C1. The van der Waals surface area contributed by atoms with Gasteiger partial charge in [0.05, 0.1) is 17.8 Å². The number of amides is 1. The van der Waals surface area contributed by atoms with Gasteiger partial charge in [0, 0.05) is 29.6 Å². The molecule has 178 valence electrons. The van der Waals surface area contributed by atoms with Crippen molar-refractivity contribution in [3.63, 3.8) is 0 Å². The molecule has 6 heteroatoms. The van der Waals surface area contributed by atoms with Gasteiger partial charge in [-0.3, -0.25) is 9.59 Å². The van der Waals surface area contributed by atoms with E-state index >= 15 is 0 Å². The Labute approximate surface area is 197 Å². The van der Waals surface area contributed by atoms with Crippen LogP contribution in [0.5, 0.6) is 0 Å². The van der Waals surface area contributed by atoms with Gasteiger partial charge in [-0.2, -0.15) is 5.10 Å². The lowest BCUT2D eigenvalue weighted by Gasteiger charge is -2.23. The molecule has 0 unspecified atom stereocenters. The predicted molar refractivity (Wildman–Crippen MR) is 131 cm³/mol. The number of aliphatic carboxylic acids is 1. The van der Waals surface area contributed by atoms with Crippen LogP contribution in [0.1, 0.15) is 82.3 Å². The van der Waals surface area contributed by atoms with Crippen molar-refractivity contribution < 1.29 is 14.7 Å². The topological polar surface area (TPSA) is 84.2 Å². The number of carbonyl (C=O) groups excluding carboxylic acids is 1. The molecule has 2 aromatic rings. The largest absolute Gasteiger partial charge is 0.481 e. The maximum Gasteiger partial charge on any atom is 0.303 e. The van der Waals surface area contributed by atoms with Gasteiger partial charge in [-0.15, -0.1) is 0 Å². The third kappa shape index (κ3) is 5.92. The van der Waals surface area contributed by atoms with E-state index in [0.29, 0.717) is 0 Å². The molecule has 0 aliphatic heterocycles. The summed E-state index contributed by atoms with van der Waals surface area (Å²) in [5.41, 5.74) is 5.18. The zero-order valence-corrected chi connectivity index (χ0v) is 20.9. The van der Waals surface area contributed by atoms with Gasteiger partial charge in [0.15, 0.2) is 0 Å². The summed E-state index contributed by atoms with van der Waals surface area (Å²) in [6, 6.07) is 8.51. The van der Waals surface area contributed by atoms with Crippen molar-refractivity contribution in [1.29, 1.82) is 0 Å². The van der Waals surface area contributed by atoms with Crippen molar-refractivity contribution in [3.8, 4) is 5.69 Å². The number of carboxylic acids is 1. The summed E-state index contributed by atoms with van der Waals surface area (Å²) in [5, 5.41) is 16.9. The number of allylic oxidation sites excluding steroid dienone is 1. The summed E-state index contributed by atoms with van der Waals surface area (Å²) in [6.45, 7) is 14.4. The molecule has 1 amide bonds. The highest BCUT2D eigenvalue weighted by Crippen LogP contribution is 2.34. The van der Waals surface area contributed by atoms with Crippen LogP contribution in [0.2, 0.25) is 0 Å². The molecule has 1 heterocycles. The Bertz CT molecular complexity index is 1060. The Kier molecular flexibility index (Phi) is 6.87. The van der Waals surface area contributed by atoms with Gasteiger partial charge in [0.2, 0.25) is 5.91 Å². The second-order valence-electron chi connectivity index (χ2n) is 11.1. The van der Waals surface area contributed by atoms with Crippen LogP contribution in [0, 0.1) is 19.3 Å². The summed E-state index contributed by atoms with van der Waals surface area (Å²) in [7, 11) is 0. The van der Waals surface area contributed by atoms with Gasteiger partial charge in [-0.1, -0.05) is 58.9 Å². The monoisotopic (exact) mass is 451 g/mol. The van der Waals surface area contributed by atoms with Crippen molar-refractivity contribution >= 4 is 11.9 Å². The van der Waals surface area contributed by atoms with Crippen molar-refractivity contribution in [2.45, 2.75) is 85.1 Å². The van der Waals surface area contributed by atoms with Crippen LogP contribution in [0.3, 0.4) is 0 Å². The van der Waals surface area contributed by atoms with E-state index in [1.165, 1.54) is 11.1 Å². The fourth-order valence-electron chi connectivity index (χ4n) is 4.73. The molecule has 2 atom stereocenters. The van der Waals surface area contributed by atoms with E-state index in [-0.39, 0.29) is 36.1 Å². The van der Waals surface area contributed by atoms with E-state index in [2.05, 4.69) is 63.4 Å². The van der Waals surface area contributed by atoms with Gasteiger partial charge >= 0.3 is 5.97 Å². The molecule has 0 spiro atoms. The van der Waals surface area contributed by atoms with Crippen LogP contribution >= 0.6 is 0 Å². The average molecular weight is 452 g/mol. The standard InChI is InChI=1S/C27H37N3O3/c1-17-25(18(2)30(29-17)22-12-9-20(10-13-22)26(3,4)5)19-8-11-21(14-19)28-23(31)15-27(6,7)16-24(32)33/h8-13,19,21H,14-16H2,1-7H3,(H,28,31)(H,32,33)/t19-,21+/m0/s1. The number of nitrogens with one attached hydrogen (secondary N) is 1. The lowest BCUT2D eigenvalue weighted by atomic mass is 9.85. The van der Waals surface area contributed by atoms with Crippen LogP contribution in [0.15, 0.2) is 36.4 Å². The van der Waals surface area contributed by atoms with Gasteiger partial charge in [0.25, 0.3) is 0 Å². The molecule has 6 nitrogen and oxygen atoms in total. The Morgan fingerprint density at radius 1 is 1.06 bits per heavy atom. The Hall–Kier alpha value is -2.89. The number of rotatable bonds is 7. The first-order valence-electron chi connectivity index (χ1n) is 11.6. The number of carbonyl (C=O) groups is 2. The van der Waals surface area contributed by atoms with Gasteiger partial charge in [0.1, 0.15) is 0 Å². The molecule has 0 radical (unpaired) electrons. The molecule has 33 heavy (non-hydrogen) atoms. The molecule has 0 saturated carbocycles. The Morgan fingerprint density at radius 2 is 1.70 bits per heavy atom. The third-order valence-corrected chi connectivity index (χ3v) is 6.39. The zero-order valence-electron chi connectivity index (χ0n) is 20.9. The molecule has 0 fully saturated rings. The zero-order chi connectivity index (χ0) is 24.6. The first-order chi connectivity index (χ1) is 15.3. The second kappa shape index (κ2) is 9.16. The molecule has 1 aliphatic rings. The summed E-state index contributed by atoms with van der Waals surface area (Å²) >= 11 is 0. The molecule has 1 aromatic carbocycles. The molecule has 0 bridgehead atoms. The highest BCUT2D eigenvalue weighted by molar-refractivity contribution is 5.78. The molecule has 0 saturated heterocycles. The number of aryl methyl sites for hydroxylation is 1. The first kappa shape index (κ1) is 24.7. The van der Waals surface area contributed by atoms with Gasteiger partial charge < -0.3 is 10.4 Å². The van der Waals surface area contributed by atoms with E-state index in [9.17, 15) is 9.59 Å². The highest BCUT2D eigenvalue weighted by atomic mass is 16.4. The van der Waals surface area contributed by atoms with E-state index < -0.39 is 11.4 Å². The van der Waals surface area contributed by atoms with Crippen LogP contribution < -0.4 is 5.32 Å². The maximum atomic E-state index is 12.5.